The number of esters is 1. The van der Waals surface area contributed by atoms with Gasteiger partial charge in [0.2, 0.25) is 0 Å². The summed E-state index contributed by atoms with van der Waals surface area (Å²) in [6.45, 7) is 4.00. The number of carbonyl (C=O) groups excluding carboxylic acids is 1. The zero-order chi connectivity index (χ0) is 26.0. The van der Waals surface area contributed by atoms with E-state index in [2.05, 4.69) is 5.32 Å². The molecule has 0 bridgehead atoms. The minimum absolute atomic E-state index is 0.0209. The number of rotatable bonds is 8. The van der Waals surface area contributed by atoms with Crippen molar-refractivity contribution >= 4 is 38.3 Å². The molecule has 1 N–H and O–H groups in total. The molecule has 0 saturated heterocycles. The summed E-state index contributed by atoms with van der Waals surface area (Å²) in [5.41, 5.74) is 3.09. The van der Waals surface area contributed by atoms with Gasteiger partial charge >= 0.3 is 16.1 Å². The van der Waals surface area contributed by atoms with E-state index >= 15 is 0 Å². The largest absolute Gasteiger partial charge is 0.465 e. The highest BCUT2D eigenvalue weighted by atomic mass is 32.2. The van der Waals surface area contributed by atoms with Crippen molar-refractivity contribution in [3.8, 4) is 17.0 Å². The molecule has 3 aromatic carbocycles. The lowest BCUT2D eigenvalue weighted by Gasteiger charge is -2.11. The van der Waals surface area contributed by atoms with Gasteiger partial charge in [0.25, 0.3) is 0 Å². The van der Waals surface area contributed by atoms with Crippen LogP contribution in [0.5, 0.6) is 5.75 Å². The van der Waals surface area contributed by atoms with Crippen molar-refractivity contribution in [2.75, 3.05) is 18.5 Å². The van der Waals surface area contributed by atoms with Crippen molar-refractivity contribution in [1.29, 1.82) is 0 Å². The normalized spacial score (nSPS) is 11.5. The lowest BCUT2D eigenvalue weighted by atomic mass is 10.1. The Morgan fingerprint density at radius 2 is 1.76 bits per heavy atom. The van der Waals surface area contributed by atoms with Gasteiger partial charge in [-0.2, -0.15) is 8.42 Å². The van der Waals surface area contributed by atoms with Crippen LogP contribution >= 0.6 is 0 Å². The first-order chi connectivity index (χ1) is 17.9. The van der Waals surface area contributed by atoms with E-state index in [0.717, 1.165) is 16.5 Å². The summed E-state index contributed by atoms with van der Waals surface area (Å²) in [7, 11) is -4.06. The van der Waals surface area contributed by atoms with Crippen molar-refractivity contribution in [1.82, 2.24) is 9.38 Å². The highest BCUT2D eigenvalue weighted by molar-refractivity contribution is 7.87. The fourth-order valence-electron chi connectivity index (χ4n) is 4.14. The number of nitrogens with zero attached hydrogens (tertiary/aromatic N) is 2. The second-order valence-electron chi connectivity index (χ2n) is 8.44. The number of aryl methyl sites for hydroxylation is 1. The molecule has 0 atom stereocenters. The maximum atomic E-state index is 13.1. The number of fused-ring (bicyclic) bond motifs is 2. The minimum Gasteiger partial charge on any atom is -0.465 e. The Hall–Kier alpha value is -4.37. The third-order valence-corrected chi connectivity index (χ3v) is 7.15. The summed E-state index contributed by atoms with van der Waals surface area (Å²) >= 11 is 0. The minimum atomic E-state index is -4.06. The lowest BCUT2D eigenvalue weighted by Crippen LogP contribution is -2.17. The van der Waals surface area contributed by atoms with Crippen LogP contribution in [-0.4, -0.2) is 36.9 Å². The predicted molar refractivity (Wildman–Crippen MR) is 142 cm³/mol. The molecule has 0 aliphatic carbocycles. The molecule has 37 heavy (non-hydrogen) atoms. The van der Waals surface area contributed by atoms with Gasteiger partial charge in [0.05, 0.1) is 6.61 Å². The van der Waals surface area contributed by atoms with Crippen LogP contribution in [0.3, 0.4) is 0 Å². The molecular formula is C28H25N3O5S. The third-order valence-electron chi connectivity index (χ3n) is 5.84. The Kier molecular flexibility index (Phi) is 6.54. The van der Waals surface area contributed by atoms with Gasteiger partial charge in [-0.15, -0.1) is 0 Å². The first-order valence-electron chi connectivity index (χ1n) is 11.8. The van der Waals surface area contributed by atoms with Crippen LogP contribution in [0, 0.1) is 6.92 Å². The lowest BCUT2D eigenvalue weighted by molar-refractivity contribution is -0.140. The average Bonchev–Trinajstić information content (AvgIpc) is 3.25. The Morgan fingerprint density at radius 3 is 2.54 bits per heavy atom. The number of aromatic nitrogens is 2. The maximum Gasteiger partial charge on any atom is 0.339 e. The van der Waals surface area contributed by atoms with Gasteiger partial charge in [-0.1, -0.05) is 36.4 Å². The number of hydrogen-bond acceptors (Lipinski definition) is 7. The summed E-state index contributed by atoms with van der Waals surface area (Å²) in [4.78, 5) is 16.8. The molecule has 2 aromatic heterocycles. The zero-order valence-corrected chi connectivity index (χ0v) is 21.2. The van der Waals surface area contributed by atoms with Crippen molar-refractivity contribution in [2.24, 2.45) is 0 Å². The summed E-state index contributed by atoms with van der Waals surface area (Å²) in [5.74, 6) is 0.426. The van der Waals surface area contributed by atoms with E-state index in [1.165, 1.54) is 6.07 Å². The molecule has 0 radical (unpaired) electrons. The van der Waals surface area contributed by atoms with E-state index in [1.807, 2.05) is 47.9 Å². The van der Waals surface area contributed by atoms with Gasteiger partial charge < -0.3 is 14.2 Å². The fourth-order valence-corrected chi connectivity index (χ4v) is 5.29. The second-order valence-corrected chi connectivity index (χ2v) is 9.95. The van der Waals surface area contributed by atoms with Crippen molar-refractivity contribution in [2.45, 2.75) is 18.7 Å². The highest BCUT2D eigenvalue weighted by Crippen LogP contribution is 2.32. The van der Waals surface area contributed by atoms with E-state index in [0.29, 0.717) is 29.2 Å². The van der Waals surface area contributed by atoms with Crippen LogP contribution in [0.2, 0.25) is 0 Å². The van der Waals surface area contributed by atoms with Crippen molar-refractivity contribution in [3.05, 3.63) is 90.6 Å². The number of benzene rings is 3. The van der Waals surface area contributed by atoms with Gasteiger partial charge in [0.1, 0.15) is 34.3 Å². The molecule has 188 valence electrons. The third kappa shape index (κ3) is 4.99. The molecule has 0 spiro atoms. The highest BCUT2D eigenvalue weighted by Gasteiger charge is 2.20. The molecule has 0 saturated carbocycles. The van der Waals surface area contributed by atoms with Gasteiger partial charge in [-0.3, -0.25) is 9.20 Å². The molecule has 0 aliphatic heterocycles. The second kappa shape index (κ2) is 9.94. The molecular weight excluding hydrogens is 490 g/mol. The standard InChI is InChI=1S/C28H25N3O5S/c1-3-35-26(32)18-29-28-27(30-25-17-19(2)15-16-31(25)28)21-11-13-22(14-12-21)36-37(33,34)24-10-6-8-20-7-4-5-9-23(20)24/h4-17,29H,3,18H2,1-2H3. The average molecular weight is 516 g/mol. The molecule has 9 heteroatoms. The van der Waals surface area contributed by atoms with E-state index in [4.69, 9.17) is 13.9 Å². The summed E-state index contributed by atoms with van der Waals surface area (Å²) in [6, 6.07) is 22.9. The quantitative estimate of drug-likeness (QED) is 0.224. The Bertz CT molecular complexity index is 1700. The molecule has 0 aliphatic rings. The van der Waals surface area contributed by atoms with Crippen LogP contribution in [0.4, 0.5) is 5.82 Å². The number of nitrogens with one attached hydrogen (secondary N) is 1. The summed E-state index contributed by atoms with van der Waals surface area (Å²) in [6.07, 6.45) is 1.88. The van der Waals surface area contributed by atoms with Gasteiger partial charge in [-0.25, -0.2) is 4.98 Å². The van der Waals surface area contributed by atoms with E-state index in [1.54, 1.807) is 49.4 Å². The first kappa shape index (κ1) is 24.3. The van der Waals surface area contributed by atoms with E-state index in [-0.39, 0.29) is 23.2 Å². The molecule has 2 heterocycles. The Balaban J connectivity index is 1.45. The molecule has 5 rings (SSSR count). The molecule has 0 amide bonds. The van der Waals surface area contributed by atoms with E-state index in [9.17, 15) is 13.2 Å². The summed E-state index contributed by atoms with van der Waals surface area (Å²) in [5, 5.41) is 4.54. The number of anilines is 1. The Labute approximate surface area is 214 Å². The number of imidazole rings is 1. The fraction of sp³-hybridized carbons (Fsp3) is 0.143. The van der Waals surface area contributed by atoms with Gasteiger partial charge in [0, 0.05) is 17.1 Å². The van der Waals surface area contributed by atoms with Gasteiger partial charge in [0.15, 0.2) is 0 Å². The molecule has 5 aromatic rings. The van der Waals surface area contributed by atoms with Crippen LogP contribution < -0.4 is 9.50 Å². The van der Waals surface area contributed by atoms with Crippen LogP contribution in [0.25, 0.3) is 27.7 Å². The number of ether oxygens (including phenoxy) is 1. The van der Waals surface area contributed by atoms with Crippen molar-refractivity contribution < 1.29 is 22.1 Å². The summed E-state index contributed by atoms with van der Waals surface area (Å²) < 4.78 is 38.5. The van der Waals surface area contributed by atoms with Gasteiger partial charge in [-0.05, 0) is 67.3 Å². The predicted octanol–water partition coefficient (Wildman–Crippen LogP) is 5.21. The van der Waals surface area contributed by atoms with Crippen LogP contribution in [0.1, 0.15) is 12.5 Å². The number of pyridine rings is 1. The number of carbonyl (C=O) groups is 1. The maximum absolute atomic E-state index is 13.1. The zero-order valence-electron chi connectivity index (χ0n) is 20.3. The molecule has 0 fully saturated rings. The molecule has 0 unspecified atom stereocenters. The number of hydrogen-bond donors (Lipinski definition) is 1. The topological polar surface area (TPSA) is 99.0 Å². The first-order valence-corrected chi connectivity index (χ1v) is 13.2. The van der Waals surface area contributed by atoms with Crippen LogP contribution in [-0.2, 0) is 19.6 Å². The monoisotopic (exact) mass is 515 g/mol. The van der Waals surface area contributed by atoms with E-state index < -0.39 is 10.1 Å². The smallest absolute Gasteiger partial charge is 0.339 e. The Morgan fingerprint density at radius 1 is 1.00 bits per heavy atom. The molecule has 8 nitrogen and oxygen atoms in total. The SMILES string of the molecule is CCOC(=O)CNc1c(-c2ccc(OS(=O)(=O)c3cccc4ccccc34)cc2)nc2cc(C)ccn12. The van der Waals surface area contributed by atoms with Crippen molar-refractivity contribution in [3.63, 3.8) is 0 Å². The van der Waals surface area contributed by atoms with Crippen LogP contribution in [0.15, 0.2) is 90.0 Å².